The SMILES string of the molecule is Cc1ccc2[nH]nc(C(=O)N[C@@H]3CCc4nnc(C(C)C)n4C3)c2c1. The van der Waals surface area contributed by atoms with Gasteiger partial charge in [0.05, 0.1) is 5.52 Å². The summed E-state index contributed by atoms with van der Waals surface area (Å²) in [5.41, 5.74) is 2.44. The van der Waals surface area contributed by atoms with Gasteiger partial charge in [-0.1, -0.05) is 25.5 Å². The molecule has 1 amide bonds. The number of fused-ring (bicyclic) bond motifs is 2. The standard InChI is InChI=1S/C18H22N6O/c1-10(2)17-23-21-15-7-5-12(9-24(15)17)19-18(25)16-13-8-11(3)4-6-14(13)20-22-16/h4,6,8,10,12H,5,7,9H2,1-3H3,(H,19,25)(H,20,22)/t12-/m1/s1. The van der Waals surface area contributed by atoms with Gasteiger partial charge in [-0.25, -0.2) is 0 Å². The molecule has 2 N–H and O–H groups in total. The van der Waals surface area contributed by atoms with Crippen molar-refractivity contribution < 1.29 is 4.79 Å². The lowest BCUT2D eigenvalue weighted by molar-refractivity contribution is 0.0923. The van der Waals surface area contributed by atoms with Crippen molar-refractivity contribution in [2.24, 2.45) is 0 Å². The first-order chi connectivity index (χ1) is 12.0. The minimum absolute atomic E-state index is 0.0602. The van der Waals surface area contributed by atoms with E-state index < -0.39 is 0 Å². The van der Waals surface area contributed by atoms with Gasteiger partial charge in [-0.2, -0.15) is 5.10 Å². The van der Waals surface area contributed by atoms with Crippen molar-refractivity contribution in [2.75, 3.05) is 0 Å². The summed E-state index contributed by atoms with van der Waals surface area (Å²) < 4.78 is 2.14. The molecule has 0 unspecified atom stereocenters. The van der Waals surface area contributed by atoms with Gasteiger partial charge in [0.15, 0.2) is 5.69 Å². The van der Waals surface area contributed by atoms with Gasteiger partial charge in [0.1, 0.15) is 11.6 Å². The molecule has 0 saturated heterocycles. The molecule has 130 valence electrons. The summed E-state index contributed by atoms with van der Waals surface area (Å²) in [6, 6.07) is 6.01. The average Bonchev–Trinajstić information content (AvgIpc) is 3.17. The Balaban J connectivity index is 1.55. The highest BCUT2D eigenvalue weighted by Gasteiger charge is 2.26. The van der Waals surface area contributed by atoms with Crippen molar-refractivity contribution in [3.8, 4) is 0 Å². The summed E-state index contributed by atoms with van der Waals surface area (Å²) >= 11 is 0. The van der Waals surface area contributed by atoms with E-state index in [2.05, 4.69) is 44.1 Å². The zero-order chi connectivity index (χ0) is 17.6. The number of H-pyrrole nitrogens is 1. The molecular formula is C18H22N6O. The fourth-order valence-corrected chi connectivity index (χ4v) is 3.45. The Morgan fingerprint density at radius 2 is 2.20 bits per heavy atom. The summed E-state index contributed by atoms with van der Waals surface area (Å²) in [5.74, 6) is 2.17. The molecule has 4 rings (SSSR count). The minimum Gasteiger partial charge on any atom is -0.346 e. The lowest BCUT2D eigenvalue weighted by Crippen LogP contribution is -2.41. The van der Waals surface area contributed by atoms with Crippen molar-refractivity contribution in [1.29, 1.82) is 0 Å². The molecule has 0 aliphatic carbocycles. The highest BCUT2D eigenvalue weighted by Crippen LogP contribution is 2.21. The molecule has 0 radical (unpaired) electrons. The van der Waals surface area contributed by atoms with Crippen molar-refractivity contribution in [3.05, 3.63) is 41.1 Å². The van der Waals surface area contributed by atoms with Crippen LogP contribution in [0.1, 0.15) is 53.9 Å². The molecule has 1 aliphatic heterocycles. The third-order valence-corrected chi connectivity index (χ3v) is 4.76. The lowest BCUT2D eigenvalue weighted by Gasteiger charge is -2.25. The maximum absolute atomic E-state index is 12.7. The van der Waals surface area contributed by atoms with E-state index in [4.69, 9.17) is 0 Å². The number of rotatable bonds is 3. The van der Waals surface area contributed by atoms with Gasteiger partial charge >= 0.3 is 0 Å². The number of carbonyl (C=O) groups excluding carboxylic acids is 1. The summed E-state index contributed by atoms with van der Waals surface area (Å²) in [7, 11) is 0. The van der Waals surface area contributed by atoms with Crippen LogP contribution in [0.5, 0.6) is 0 Å². The Labute approximate surface area is 145 Å². The van der Waals surface area contributed by atoms with Crippen LogP contribution in [-0.4, -0.2) is 36.9 Å². The summed E-state index contributed by atoms with van der Waals surface area (Å²) in [6.45, 7) is 6.94. The predicted octanol–water partition coefficient (Wildman–Crippen LogP) is 2.33. The van der Waals surface area contributed by atoms with Crippen LogP contribution in [0.4, 0.5) is 0 Å². The van der Waals surface area contributed by atoms with E-state index in [9.17, 15) is 4.79 Å². The van der Waals surface area contributed by atoms with E-state index in [1.54, 1.807) is 0 Å². The van der Waals surface area contributed by atoms with Crippen LogP contribution in [-0.2, 0) is 13.0 Å². The van der Waals surface area contributed by atoms with Gasteiger partial charge in [0, 0.05) is 30.3 Å². The first kappa shape index (κ1) is 15.8. The maximum Gasteiger partial charge on any atom is 0.272 e. The van der Waals surface area contributed by atoms with Crippen molar-refractivity contribution in [2.45, 2.75) is 52.1 Å². The molecule has 3 aromatic rings. The number of amides is 1. The van der Waals surface area contributed by atoms with E-state index >= 15 is 0 Å². The number of hydrogen-bond donors (Lipinski definition) is 2. The molecule has 1 aliphatic rings. The first-order valence-corrected chi connectivity index (χ1v) is 8.70. The number of aryl methyl sites for hydroxylation is 2. The van der Waals surface area contributed by atoms with Gasteiger partial charge < -0.3 is 9.88 Å². The second kappa shape index (κ2) is 5.98. The zero-order valence-electron chi connectivity index (χ0n) is 14.7. The Morgan fingerprint density at radius 3 is 3.00 bits per heavy atom. The van der Waals surface area contributed by atoms with E-state index in [0.29, 0.717) is 18.2 Å². The zero-order valence-corrected chi connectivity index (χ0v) is 14.7. The normalized spacial score (nSPS) is 17.0. The predicted molar refractivity (Wildman–Crippen MR) is 94.5 cm³/mol. The maximum atomic E-state index is 12.7. The van der Waals surface area contributed by atoms with Crippen molar-refractivity contribution >= 4 is 16.8 Å². The number of aromatic nitrogens is 5. The smallest absolute Gasteiger partial charge is 0.272 e. The highest BCUT2D eigenvalue weighted by atomic mass is 16.2. The number of hydrogen-bond acceptors (Lipinski definition) is 4. The summed E-state index contributed by atoms with van der Waals surface area (Å²) in [5, 5.41) is 19.7. The monoisotopic (exact) mass is 338 g/mol. The summed E-state index contributed by atoms with van der Waals surface area (Å²) in [4.78, 5) is 12.7. The van der Waals surface area contributed by atoms with Gasteiger partial charge in [-0.05, 0) is 25.5 Å². The van der Waals surface area contributed by atoms with Crippen LogP contribution in [0.25, 0.3) is 10.9 Å². The fourth-order valence-electron chi connectivity index (χ4n) is 3.45. The second-order valence-corrected chi connectivity index (χ2v) is 7.07. The minimum atomic E-state index is -0.135. The van der Waals surface area contributed by atoms with Crippen LogP contribution in [0.3, 0.4) is 0 Å². The number of benzene rings is 1. The molecule has 7 nitrogen and oxygen atoms in total. The van der Waals surface area contributed by atoms with E-state index in [1.165, 1.54) is 0 Å². The lowest BCUT2D eigenvalue weighted by atomic mass is 10.1. The fraction of sp³-hybridized carbons (Fsp3) is 0.444. The molecule has 7 heteroatoms. The number of carbonyl (C=O) groups is 1. The Bertz CT molecular complexity index is 938. The second-order valence-electron chi connectivity index (χ2n) is 7.07. The van der Waals surface area contributed by atoms with E-state index in [-0.39, 0.29) is 11.9 Å². The van der Waals surface area contributed by atoms with Gasteiger partial charge in [0.2, 0.25) is 0 Å². The van der Waals surface area contributed by atoms with Crippen LogP contribution in [0.2, 0.25) is 0 Å². The molecule has 0 fully saturated rings. The Morgan fingerprint density at radius 1 is 1.36 bits per heavy atom. The average molecular weight is 338 g/mol. The molecule has 25 heavy (non-hydrogen) atoms. The van der Waals surface area contributed by atoms with Gasteiger partial charge in [0.25, 0.3) is 5.91 Å². The molecule has 2 aromatic heterocycles. The van der Waals surface area contributed by atoms with E-state index in [0.717, 1.165) is 41.0 Å². The number of nitrogens with one attached hydrogen (secondary N) is 2. The van der Waals surface area contributed by atoms with Crippen molar-refractivity contribution in [1.82, 2.24) is 30.3 Å². The number of aromatic amines is 1. The van der Waals surface area contributed by atoms with Crippen LogP contribution >= 0.6 is 0 Å². The van der Waals surface area contributed by atoms with Crippen LogP contribution < -0.4 is 5.32 Å². The molecule has 0 spiro atoms. The molecule has 3 heterocycles. The van der Waals surface area contributed by atoms with Crippen molar-refractivity contribution in [3.63, 3.8) is 0 Å². The van der Waals surface area contributed by atoms with Gasteiger partial charge in [-0.3, -0.25) is 9.89 Å². The Hall–Kier alpha value is -2.70. The van der Waals surface area contributed by atoms with Crippen LogP contribution in [0, 0.1) is 6.92 Å². The summed E-state index contributed by atoms with van der Waals surface area (Å²) in [6.07, 6.45) is 1.69. The first-order valence-electron chi connectivity index (χ1n) is 8.70. The van der Waals surface area contributed by atoms with Gasteiger partial charge in [-0.15, -0.1) is 10.2 Å². The molecule has 0 saturated carbocycles. The largest absolute Gasteiger partial charge is 0.346 e. The molecule has 1 aromatic carbocycles. The Kier molecular flexibility index (Phi) is 3.78. The third-order valence-electron chi connectivity index (χ3n) is 4.76. The number of nitrogens with zero attached hydrogens (tertiary/aromatic N) is 4. The van der Waals surface area contributed by atoms with E-state index in [1.807, 2.05) is 25.1 Å². The molecule has 0 bridgehead atoms. The molecular weight excluding hydrogens is 316 g/mol. The topological polar surface area (TPSA) is 88.5 Å². The quantitative estimate of drug-likeness (QED) is 0.767. The highest BCUT2D eigenvalue weighted by molar-refractivity contribution is 6.04. The van der Waals surface area contributed by atoms with Crippen LogP contribution in [0.15, 0.2) is 18.2 Å². The third kappa shape index (κ3) is 2.79. The molecule has 1 atom stereocenters.